The topological polar surface area (TPSA) is 59.6 Å². The van der Waals surface area contributed by atoms with E-state index in [1.54, 1.807) is 24.0 Å². The minimum atomic E-state index is -0.620. The zero-order valence-corrected chi connectivity index (χ0v) is 16.6. The number of aromatic amines is 1. The van der Waals surface area contributed by atoms with Crippen LogP contribution in [0, 0.1) is 19.7 Å². The standard InChI is InChI=1S/C20H25ClFN3O2/c1-12-18(14(3)26)13(2)23-19(12)20(27)25-9-7-24(8-10-25)11-15-16(21)5-4-6-17(15)22/h4-6,14,23,26H,7-11H2,1-3H3. The number of hydrogen-bond acceptors (Lipinski definition) is 3. The Morgan fingerprint density at radius 1 is 1.30 bits per heavy atom. The molecule has 0 spiro atoms. The molecule has 1 aromatic carbocycles. The molecule has 1 aromatic heterocycles. The Balaban J connectivity index is 1.66. The van der Waals surface area contributed by atoms with Crippen LogP contribution in [0.4, 0.5) is 4.39 Å². The Labute approximate surface area is 163 Å². The second-order valence-electron chi connectivity index (χ2n) is 7.11. The van der Waals surface area contributed by atoms with Crippen molar-refractivity contribution < 1.29 is 14.3 Å². The molecule has 27 heavy (non-hydrogen) atoms. The van der Waals surface area contributed by atoms with Crippen molar-refractivity contribution in [3.8, 4) is 0 Å². The van der Waals surface area contributed by atoms with Crippen molar-refractivity contribution in [1.29, 1.82) is 0 Å². The van der Waals surface area contributed by atoms with Gasteiger partial charge in [0.25, 0.3) is 5.91 Å². The number of aliphatic hydroxyl groups is 1. The fourth-order valence-corrected chi connectivity index (χ4v) is 4.00. The van der Waals surface area contributed by atoms with Gasteiger partial charge in [-0.25, -0.2) is 4.39 Å². The number of nitrogens with zero attached hydrogens (tertiary/aromatic N) is 2. The van der Waals surface area contributed by atoms with Crippen molar-refractivity contribution in [1.82, 2.24) is 14.8 Å². The molecule has 1 aliphatic heterocycles. The number of H-pyrrole nitrogens is 1. The van der Waals surface area contributed by atoms with Gasteiger partial charge in [-0.05, 0) is 38.5 Å². The first kappa shape index (κ1) is 19.9. The van der Waals surface area contributed by atoms with Crippen molar-refractivity contribution in [2.45, 2.75) is 33.4 Å². The van der Waals surface area contributed by atoms with E-state index in [1.165, 1.54) is 6.07 Å². The van der Waals surface area contributed by atoms with E-state index < -0.39 is 6.10 Å². The van der Waals surface area contributed by atoms with Gasteiger partial charge in [-0.1, -0.05) is 17.7 Å². The third-order valence-corrected chi connectivity index (χ3v) is 5.58. The normalized spacial score (nSPS) is 16.6. The Hall–Kier alpha value is -1.89. The summed E-state index contributed by atoms with van der Waals surface area (Å²) in [4.78, 5) is 19.9. The second-order valence-corrected chi connectivity index (χ2v) is 7.52. The summed E-state index contributed by atoms with van der Waals surface area (Å²) in [5, 5.41) is 10.3. The highest BCUT2D eigenvalue weighted by Crippen LogP contribution is 2.26. The van der Waals surface area contributed by atoms with E-state index >= 15 is 0 Å². The molecule has 7 heteroatoms. The fraction of sp³-hybridized carbons (Fsp3) is 0.450. The summed E-state index contributed by atoms with van der Waals surface area (Å²) in [6.45, 7) is 8.27. The van der Waals surface area contributed by atoms with Crippen LogP contribution in [0.25, 0.3) is 0 Å². The third kappa shape index (κ3) is 4.03. The Morgan fingerprint density at radius 3 is 2.52 bits per heavy atom. The van der Waals surface area contributed by atoms with Gasteiger partial charge in [0, 0.05) is 54.6 Å². The highest BCUT2D eigenvalue weighted by atomic mass is 35.5. The van der Waals surface area contributed by atoms with Crippen LogP contribution in [0.15, 0.2) is 18.2 Å². The third-order valence-electron chi connectivity index (χ3n) is 5.23. The number of aliphatic hydroxyl groups excluding tert-OH is 1. The second kappa shape index (κ2) is 8.00. The van der Waals surface area contributed by atoms with Crippen molar-refractivity contribution >= 4 is 17.5 Å². The lowest BCUT2D eigenvalue weighted by atomic mass is 10.1. The van der Waals surface area contributed by atoms with E-state index in [-0.39, 0.29) is 11.7 Å². The summed E-state index contributed by atoms with van der Waals surface area (Å²) in [6, 6.07) is 4.70. The molecule has 1 unspecified atom stereocenters. The molecule has 1 saturated heterocycles. The molecule has 1 amide bonds. The molecule has 2 N–H and O–H groups in total. The Kier molecular flexibility index (Phi) is 5.89. The van der Waals surface area contributed by atoms with Crippen LogP contribution in [0.2, 0.25) is 5.02 Å². The van der Waals surface area contributed by atoms with E-state index in [9.17, 15) is 14.3 Å². The maximum atomic E-state index is 14.0. The van der Waals surface area contributed by atoms with Gasteiger partial charge >= 0.3 is 0 Å². The van der Waals surface area contributed by atoms with Gasteiger partial charge in [0.1, 0.15) is 11.5 Å². The summed E-state index contributed by atoms with van der Waals surface area (Å²) in [6.07, 6.45) is -0.620. The van der Waals surface area contributed by atoms with E-state index in [1.807, 2.05) is 13.8 Å². The number of nitrogens with one attached hydrogen (secondary N) is 1. The molecule has 0 radical (unpaired) electrons. The maximum Gasteiger partial charge on any atom is 0.270 e. The van der Waals surface area contributed by atoms with Gasteiger partial charge in [-0.2, -0.15) is 0 Å². The lowest BCUT2D eigenvalue weighted by Gasteiger charge is -2.34. The van der Waals surface area contributed by atoms with Gasteiger partial charge in [0.2, 0.25) is 0 Å². The van der Waals surface area contributed by atoms with Crippen LogP contribution in [-0.2, 0) is 6.54 Å². The molecule has 0 saturated carbocycles. The molecule has 3 rings (SSSR count). The molecule has 5 nitrogen and oxygen atoms in total. The van der Waals surface area contributed by atoms with E-state index in [2.05, 4.69) is 9.88 Å². The first-order valence-corrected chi connectivity index (χ1v) is 9.49. The number of rotatable bonds is 4. The predicted molar refractivity (Wildman–Crippen MR) is 103 cm³/mol. The molecule has 1 atom stereocenters. The summed E-state index contributed by atoms with van der Waals surface area (Å²) in [5.74, 6) is -0.366. The van der Waals surface area contributed by atoms with Crippen molar-refractivity contribution in [2.75, 3.05) is 26.2 Å². The summed E-state index contributed by atoms with van der Waals surface area (Å²) in [7, 11) is 0. The molecular formula is C20H25ClFN3O2. The number of amides is 1. The monoisotopic (exact) mass is 393 g/mol. The number of carbonyl (C=O) groups excluding carboxylic acids is 1. The Morgan fingerprint density at radius 2 is 1.96 bits per heavy atom. The average Bonchev–Trinajstić information content (AvgIpc) is 2.92. The number of piperazine rings is 1. The smallest absolute Gasteiger partial charge is 0.270 e. The number of aromatic nitrogens is 1. The lowest BCUT2D eigenvalue weighted by molar-refractivity contribution is 0.0621. The summed E-state index contributed by atoms with van der Waals surface area (Å²) in [5.41, 5.74) is 3.43. The fourth-order valence-electron chi connectivity index (χ4n) is 3.78. The Bertz CT molecular complexity index is 822. The van der Waals surface area contributed by atoms with Crippen molar-refractivity contribution in [3.05, 3.63) is 57.1 Å². The molecule has 2 aromatic rings. The quantitative estimate of drug-likeness (QED) is 0.836. The van der Waals surface area contributed by atoms with Crippen molar-refractivity contribution in [2.24, 2.45) is 0 Å². The lowest BCUT2D eigenvalue weighted by Crippen LogP contribution is -2.48. The predicted octanol–water partition coefficient (Wildman–Crippen LogP) is 3.44. The van der Waals surface area contributed by atoms with Crippen LogP contribution < -0.4 is 0 Å². The molecule has 1 aliphatic rings. The molecule has 146 valence electrons. The maximum absolute atomic E-state index is 14.0. The molecule has 0 bridgehead atoms. The number of benzene rings is 1. The van der Waals surface area contributed by atoms with E-state index in [4.69, 9.17) is 11.6 Å². The number of aryl methyl sites for hydroxylation is 1. The van der Waals surface area contributed by atoms with Crippen LogP contribution in [0.5, 0.6) is 0 Å². The zero-order valence-electron chi connectivity index (χ0n) is 15.9. The van der Waals surface area contributed by atoms with Gasteiger partial charge in [-0.3, -0.25) is 9.69 Å². The van der Waals surface area contributed by atoms with Gasteiger partial charge in [-0.15, -0.1) is 0 Å². The largest absolute Gasteiger partial charge is 0.389 e. The SMILES string of the molecule is Cc1[nH]c(C(=O)N2CCN(Cc3c(F)cccc3Cl)CC2)c(C)c1C(C)O. The first-order valence-electron chi connectivity index (χ1n) is 9.11. The minimum Gasteiger partial charge on any atom is -0.389 e. The zero-order chi connectivity index (χ0) is 19.7. The highest BCUT2D eigenvalue weighted by molar-refractivity contribution is 6.31. The van der Waals surface area contributed by atoms with Gasteiger partial charge in [0.15, 0.2) is 0 Å². The van der Waals surface area contributed by atoms with Crippen LogP contribution in [-0.4, -0.2) is 52.0 Å². The van der Waals surface area contributed by atoms with E-state index in [0.29, 0.717) is 49.0 Å². The summed E-state index contributed by atoms with van der Waals surface area (Å²) < 4.78 is 14.0. The van der Waals surface area contributed by atoms with Crippen LogP contribution in [0.1, 0.15) is 45.9 Å². The van der Waals surface area contributed by atoms with Gasteiger partial charge in [0.05, 0.1) is 6.10 Å². The van der Waals surface area contributed by atoms with Crippen LogP contribution in [0.3, 0.4) is 0 Å². The van der Waals surface area contributed by atoms with E-state index in [0.717, 1.165) is 16.8 Å². The van der Waals surface area contributed by atoms with Crippen molar-refractivity contribution in [3.63, 3.8) is 0 Å². The number of hydrogen-bond donors (Lipinski definition) is 2. The number of carbonyl (C=O) groups is 1. The van der Waals surface area contributed by atoms with Crippen LogP contribution >= 0.6 is 11.6 Å². The minimum absolute atomic E-state index is 0.0638. The molecular weight excluding hydrogens is 369 g/mol. The molecule has 1 fully saturated rings. The first-order chi connectivity index (χ1) is 12.8. The average molecular weight is 394 g/mol. The van der Waals surface area contributed by atoms with Gasteiger partial charge < -0.3 is 15.0 Å². The molecule has 0 aliphatic carbocycles. The summed E-state index contributed by atoms with van der Waals surface area (Å²) >= 11 is 6.11. The number of halogens is 2. The highest BCUT2D eigenvalue weighted by Gasteiger charge is 2.27. The molecule has 2 heterocycles.